The van der Waals surface area contributed by atoms with Crippen LogP contribution in [0.25, 0.3) is 0 Å². The van der Waals surface area contributed by atoms with E-state index in [9.17, 15) is 9.59 Å². The molecule has 0 spiro atoms. The number of carbonyl (C=O) groups is 2. The Morgan fingerprint density at radius 3 is 2.77 bits per heavy atom. The molecule has 1 aromatic rings. The summed E-state index contributed by atoms with van der Waals surface area (Å²) in [5, 5.41) is 5.45. The molecule has 0 radical (unpaired) electrons. The van der Waals surface area contributed by atoms with Gasteiger partial charge in [-0.25, -0.2) is 0 Å². The Kier molecular flexibility index (Phi) is 6.33. The number of amides is 2. The molecule has 1 fully saturated rings. The maximum atomic E-state index is 12.2. The number of ether oxygens (including phenoxy) is 2. The molecule has 26 heavy (non-hydrogen) atoms. The molecular weight excluding hydrogens is 334 g/mol. The van der Waals surface area contributed by atoms with Gasteiger partial charge in [-0.15, -0.1) is 0 Å². The van der Waals surface area contributed by atoms with Crippen LogP contribution >= 0.6 is 0 Å². The van der Waals surface area contributed by atoms with Crippen LogP contribution in [0.2, 0.25) is 0 Å². The molecular formula is C19H27N3O4. The first kappa shape index (κ1) is 18.5. The molecule has 2 amide bonds. The van der Waals surface area contributed by atoms with Crippen molar-refractivity contribution >= 4 is 11.8 Å². The van der Waals surface area contributed by atoms with Crippen molar-refractivity contribution in [3.05, 3.63) is 23.8 Å². The van der Waals surface area contributed by atoms with Crippen molar-refractivity contribution in [2.75, 3.05) is 39.4 Å². The Morgan fingerprint density at radius 2 is 1.96 bits per heavy atom. The van der Waals surface area contributed by atoms with E-state index in [1.165, 1.54) is 0 Å². The second-order valence-corrected chi connectivity index (χ2v) is 6.66. The average Bonchev–Trinajstić information content (AvgIpc) is 3.12. The number of nitrogens with zero attached hydrogens (tertiary/aromatic N) is 1. The summed E-state index contributed by atoms with van der Waals surface area (Å²) in [6, 6.07) is 6.20. The summed E-state index contributed by atoms with van der Waals surface area (Å²) in [5.74, 6) is 1.28. The zero-order valence-electron chi connectivity index (χ0n) is 15.3. The van der Waals surface area contributed by atoms with Crippen molar-refractivity contribution in [1.82, 2.24) is 15.5 Å². The van der Waals surface area contributed by atoms with E-state index >= 15 is 0 Å². The molecule has 2 aliphatic rings. The number of benzene rings is 1. The SMILES string of the molecule is CCCNC(=O)CNC(=O)CN1CCC[C@H]1c1ccc2c(c1)OCCO2. The van der Waals surface area contributed by atoms with Crippen molar-refractivity contribution in [2.24, 2.45) is 0 Å². The summed E-state index contributed by atoms with van der Waals surface area (Å²) in [6.45, 7) is 4.95. The highest BCUT2D eigenvalue weighted by atomic mass is 16.6. The van der Waals surface area contributed by atoms with Crippen LogP contribution in [0.3, 0.4) is 0 Å². The smallest absolute Gasteiger partial charge is 0.239 e. The fourth-order valence-electron chi connectivity index (χ4n) is 3.41. The maximum Gasteiger partial charge on any atom is 0.239 e. The van der Waals surface area contributed by atoms with Crippen molar-refractivity contribution in [1.29, 1.82) is 0 Å². The third-order valence-corrected chi connectivity index (χ3v) is 4.68. The fraction of sp³-hybridized carbons (Fsp3) is 0.579. The number of carbonyl (C=O) groups excluding carboxylic acids is 2. The van der Waals surface area contributed by atoms with Crippen molar-refractivity contribution < 1.29 is 19.1 Å². The van der Waals surface area contributed by atoms with Crippen molar-refractivity contribution in [2.45, 2.75) is 32.2 Å². The molecule has 0 aromatic heterocycles. The Balaban J connectivity index is 1.55. The monoisotopic (exact) mass is 361 g/mol. The van der Waals surface area contributed by atoms with E-state index in [2.05, 4.69) is 15.5 Å². The molecule has 7 heteroatoms. The number of fused-ring (bicyclic) bond motifs is 1. The summed E-state index contributed by atoms with van der Waals surface area (Å²) in [4.78, 5) is 26.0. The normalized spacial score (nSPS) is 19.2. The summed E-state index contributed by atoms with van der Waals surface area (Å²) in [6.07, 6.45) is 2.93. The van der Waals surface area contributed by atoms with E-state index in [0.717, 1.165) is 42.9 Å². The summed E-state index contributed by atoms with van der Waals surface area (Å²) in [5.41, 5.74) is 1.14. The Bertz CT molecular complexity index is 650. The molecule has 0 aliphatic carbocycles. The number of hydrogen-bond donors (Lipinski definition) is 2. The first-order valence-corrected chi connectivity index (χ1v) is 9.34. The average molecular weight is 361 g/mol. The lowest BCUT2D eigenvalue weighted by Gasteiger charge is -2.26. The van der Waals surface area contributed by atoms with Gasteiger partial charge in [0.05, 0.1) is 13.1 Å². The second kappa shape index (κ2) is 8.89. The van der Waals surface area contributed by atoms with Crippen LogP contribution in [0.15, 0.2) is 18.2 Å². The van der Waals surface area contributed by atoms with Gasteiger partial charge in [0.25, 0.3) is 0 Å². The van der Waals surface area contributed by atoms with Crippen LogP contribution in [-0.2, 0) is 9.59 Å². The topological polar surface area (TPSA) is 79.9 Å². The van der Waals surface area contributed by atoms with Gasteiger partial charge in [-0.3, -0.25) is 14.5 Å². The van der Waals surface area contributed by atoms with Gasteiger partial charge in [0, 0.05) is 12.6 Å². The summed E-state index contributed by atoms with van der Waals surface area (Å²) in [7, 11) is 0. The van der Waals surface area contributed by atoms with E-state index in [1.54, 1.807) is 0 Å². The minimum absolute atomic E-state index is 0.0291. The first-order valence-electron chi connectivity index (χ1n) is 9.34. The van der Waals surface area contributed by atoms with Gasteiger partial charge in [-0.05, 0) is 43.5 Å². The fourth-order valence-corrected chi connectivity index (χ4v) is 3.41. The minimum atomic E-state index is -0.148. The van der Waals surface area contributed by atoms with Gasteiger partial charge in [-0.2, -0.15) is 0 Å². The zero-order valence-corrected chi connectivity index (χ0v) is 15.3. The molecule has 3 rings (SSSR count). The van der Waals surface area contributed by atoms with E-state index in [-0.39, 0.29) is 24.4 Å². The van der Waals surface area contributed by atoms with Gasteiger partial charge in [-0.1, -0.05) is 13.0 Å². The zero-order chi connectivity index (χ0) is 18.4. The highest BCUT2D eigenvalue weighted by Gasteiger charge is 2.28. The molecule has 0 saturated carbocycles. The molecule has 142 valence electrons. The molecule has 2 aliphatic heterocycles. The summed E-state index contributed by atoms with van der Waals surface area (Å²) < 4.78 is 11.2. The highest BCUT2D eigenvalue weighted by Crippen LogP contribution is 2.37. The Morgan fingerprint density at radius 1 is 1.15 bits per heavy atom. The van der Waals surface area contributed by atoms with E-state index in [4.69, 9.17) is 9.47 Å². The molecule has 7 nitrogen and oxygen atoms in total. The van der Waals surface area contributed by atoms with Crippen molar-refractivity contribution in [3.63, 3.8) is 0 Å². The van der Waals surface area contributed by atoms with E-state index < -0.39 is 0 Å². The van der Waals surface area contributed by atoms with Crippen LogP contribution < -0.4 is 20.1 Å². The lowest BCUT2D eigenvalue weighted by molar-refractivity contribution is -0.126. The predicted molar refractivity (Wildman–Crippen MR) is 97.3 cm³/mol. The number of likely N-dealkylation sites (tertiary alicyclic amines) is 1. The standard InChI is InChI=1S/C19H27N3O4/c1-2-7-20-18(23)12-21-19(24)13-22-8-3-4-15(22)14-5-6-16-17(11-14)26-10-9-25-16/h5-6,11,15H,2-4,7-10,12-13H2,1H3,(H,20,23)(H,21,24)/t15-/m0/s1. The third kappa shape index (κ3) is 4.66. The molecule has 1 atom stereocenters. The van der Waals surface area contributed by atoms with Crippen LogP contribution in [0, 0.1) is 0 Å². The molecule has 0 unspecified atom stereocenters. The van der Waals surface area contributed by atoms with Gasteiger partial charge >= 0.3 is 0 Å². The molecule has 1 saturated heterocycles. The van der Waals surface area contributed by atoms with E-state index in [0.29, 0.717) is 26.3 Å². The first-order chi connectivity index (χ1) is 12.7. The highest BCUT2D eigenvalue weighted by molar-refractivity contribution is 5.85. The molecule has 2 N–H and O–H groups in total. The van der Waals surface area contributed by atoms with Gasteiger partial charge in [0.2, 0.25) is 11.8 Å². The van der Waals surface area contributed by atoms with E-state index in [1.807, 2.05) is 25.1 Å². The summed E-state index contributed by atoms with van der Waals surface area (Å²) >= 11 is 0. The van der Waals surface area contributed by atoms with Gasteiger partial charge in [0.15, 0.2) is 11.5 Å². The lowest BCUT2D eigenvalue weighted by atomic mass is 10.0. The number of hydrogen-bond acceptors (Lipinski definition) is 5. The second-order valence-electron chi connectivity index (χ2n) is 6.66. The predicted octanol–water partition coefficient (Wildman–Crippen LogP) is 1.24. The molecule has 1 aromatic carbocycles. The largest absolute Gasteiger partial charge is 0.486 e. The maximum absolute atomic E-state index is 12.2. The van der Waals surface area contributed by atoms with Crippen LogP contribution in [0.4, 0.5) is 0 Å². The van der Waals surface area contributed by atoms with Gasteiger partial charge < -0.3 is 20.1 Å². The van der Waals surface area contributed by atoms with Crippen LogP contribution in [0.1, 0.15) is 37.8 Å². The number of rotatable bonds is 7. The number of nitrogens with one attached hydrogen (secondary N) is 2. The third-order valence-electron chi connectivity index (χ3n) is 4.68. The minimum Gasteiger partial charge on any atom is -0.486 e. The quantitative estimate of drug-likeness (QED) is 0.764. The lowest BCUT2D eigenvalue weighted by Crippen LogP contribution is -2.42. The molecule has 2 heterocycles. The van der Waals surface area contributed by atoms with Crippen LogP contribution in [0.5, 0.6) is 11.5 Å². The van der Waals surface area contributed by atoms with Crippen molar-refractivity contribution in [3.8, 4) is 11.5 Å². The Labute approximate surface area is 154 Å². The molecule has 0 bridgehead atoms. The Hall–Kier alpha value is -2.28. The van der Waals surface area contributed by atoms with Crippen LogP contribution in [-0.4, -0.2) is 56.1 Å². The van der Waals surface area contributed by atoms with Gasteiger partial charge in [0.1, 0.15) is 13.2 Å².